The van der Waals surface area contributed by atoms with E-state index >= 15 is 0 Å². The van der Waals surface area contributed by atoms with Gasteiger partial charge in [0, 0.05) is 12.0 Å². The van der Waals surface area contributed by atoms with E-state index in [1.54, 1.807) is 12.1 Å². The van der Waals surface area contributed by atoms with Crippen molar-refractivity contribution >= 4 is 12.4 Å². The SMILES string of the molecule is COc1cccc(F)c1[C@H](N)[C@H](O)Cc1ccccc1.Cl. The summed E-state index contributed by atoms with van der Waals surface area (Å²) in [6.07, 6.45) is -0.525. The highest BCUT2D eigenvalue weighted by Crippen LogP contribution is 2.29. The normalized spacial score (nSPS) is 13.1. The molecule has 0 aliphatic carbocycles. The zero-order valence-corrected chi connectivity index (χ0v) is 12.5. The van der Waals surface area contributed by atoms with Crippen molar-refractivity contribution in [3.05, 3.63) is 65.5 Å². The molecule has 2 aromatic carbocycles. The highest BCUT2D eigenvalue weighted by atomic mass is 35.5. The first-order valence-electron chi connectivity index (χ1n) is 6.43. The number of methoxy groups -OCH3 is 1. The van der Waals surface area contributed by atoms with Crippen LogP contribution in [0, 0.1) is 5.82 Å². The minimum Gasteiger partial charge on any atom is -0.496 e. The van der Waals surface area contributed by atoms with E-state index in [4.69, 9.17) is 10.5 Å². The Bertz CT molecular complexity index is 565. The molecule has 0 heterocycles. The number of rotatable bonds is 5. The Morgan fingerprint density at radius 1 is 1.14 bits per heavy atom. The lowest BCUT2D eigenvalue weighted by atomic mass is 9.96. The van der Waals surface area contributed by atoms with Gasteiger partial charge in [-0.15, -0.1) is 12.4 Å². The quantitative estimate of drug-likeness (QED) is 0.892. The monoisotopic (exact) mass is 311 g/mol. The van der Waals surface area contributed by atoms with E-state index in [0.29, 0.717) is 12.2 Å². The van der Waals surface area contributed by atoms with Crippen LogP contribution in [-0.2, 0) is 6.42 Å². The molecule has 21 heavy (non-hydrogen) atoms. The van der Waals surface area contributed by atoms with Crippen LogP contribution in [0.4, 0.5) is 4.39 Å². The number of nitrogens with two attached hydrogens (primary N) is 1. The molecule has 0 radical (unpaired) electrons. The minimum atomic E-state index is -0.886. The van der Waals surface area contributed by atoms with Crippen LogP contribution in [0.2, 0.25) is 0 Å². The van der Waals surface area contributed by atoms with Crippen molar-refractivity contribution in [1.29, 1.82) is 0 Å². The fourth-order valence-corrected chi connectivity index (χ4v) is 2.19. The Morgan fingerprint density at radius 3 is 2.43 bits per heavy atom. The standard InChI is InChI=1S/C16H18FNO2.ClH/c1-20-14-9-5-8-12(17)15(14)16(18)13(19)10-11-6-3-2-4-7-11;/h2-9,13,16,19H,10,18H2,1H3;1H/t13-,16-;/m1./s1. The Balaban J connectivity index is 0.00000220. The van der Waals surface area contributed by atoms with Crippen molar-refractivity contribution in [3.8, 4) is 5.75 Å². The van der Waals surface area contributed by atoms with Gasteiger partial charge in [-0.2, -0.15) is 0 Å². The summed E-state index contributed by atoms with van der Waals surface area (Å²) in [6, 6.07) is 13.1. The molecule has 114 valence electrons. The number of aliphatic hydroxyl groups excluding tert-OH is 1. The van der Waals surface area contributed by atoms with Crippen LogP contribution in [-0.4, -0.2) is 18.3 Å². The molecular formula is C16H19ClFNO2. The van der Waals surface area contributed by atoms with Gasteiger partial charge in [0.15, 0.2) is 0 Å². The van der Waals surface area contributed by atoms with Crippen LogP contribution in [0.5, 0.6) is 5.75 Å². The van der Waals surface area contributed by atoms with Crippen LogP contribution in [0.25, 0.3) is 0 Å². The molecule has 0 fully saturated rings. The number of benzene rings is 2. The zero-order valence-electron chi connectivity index (χ0n) is 11.7. The van der Waals surface area contributed by atoms with Crippen LogP contribution in [0.3, 0.4) is 0 Å². The topological polar surface area (TPSA) is 55.5 Å². The molecule has 2 atom stereocenters. The van der Waals surface area contributed by atoms with Gasteiger partial charge in [-0.25, -0.2) is 4.39 Å². The van der Waals surface area contributed by atoms with E-state index in [-0.39, 0.29) is 18.0 Å². The molecule has 0 bridgehead atoms. The molecule has 2 rings (SSSR count). The predicted molar refractivity (Wildman–Crippen MR) is 83.3 cm³/mol. The number of hydrogen-bond donors (Lipinski definition) is 2. The summed E-state index contributed by atoms with van der Waals surface area (Å²) in [4.78, 5) is 0. The predicted octanol–water partition coefficient (Wildman–Crippen LogP) is 2.86. The number of halogens is 2. The van der Waals surface area contributed by atoms with Gasteiger partial charge in [-0.1, -0.05) is 36.4 Å². The molecule has 3 N–H and O–H groups in total. The maximum atomic E-state index is 13.9. The Kier molecular flexibility index (Phi) is 6.62. The second-order valence-electron chi connectivity index (χ2n) is 4.64. The van der Waals surface area contributed by atoms with Gasteiger partial charge in [0.1, 0.15) is 11.6 Å². The van der Waals surface area contributed by atoms with E-state index < -0.39 is 18.0 Å². The zero-order chi connectivity index (χ0) is 14.5. The molecule has 0 spiro atoms. The molecular weight excluding hydrogens is 293 g/mol. The van der Waals surface area contributed by atoms with Gasteiger partial charge in [0.2, 0.25) is 0 Å². The highest BCUT2D eigenvalue weighted by Gasteiger charge is 2.23. The Labute approximate surface area is 130 Å². The summed E-state index contributed by atoms with van der Waals surface area (Å²) < 4.78 is 19.0. The molecule has 0 aromatic heterocycles. The third-order valence-corrected chi connectivity index (χ3v) is 3.27. The summed E-state index contributed by atoms with van der Waals surface area (Å²) in [5.74, 6) is -0.117. The van der Waals surface area contributed by atoms with Crippen molar-refractivity contribution in [2.45, 2.75) is 18.6 Å². The Hall–Kier alpha value is -1.62. The second-order valence-corrected chi connectivity index (χ2v) is 4.64. The van der Waals surface area contributed by atoms with E-state index in [0.717, 1.165) is 5.56 Å². The second kappa shape index (κ2) is 7.98. The average Bonchev–Trinajstić information content (AvgIpc) is 2.47. The number of ether oxygens (including phenoxy) is 1. The Morgan fingerprint density at radius 2 is 1.81 bits per heavy atom. The molecule has 0 saturated carbocycles. The third kappa shape index (κ3) is 4.17. The maximum absolute atomic E-state index is 13.9. The van der Waals surface area contributed by atoms with Crippen LogP contribution < -0.4 is 10.5 Å². The minimum absolute atomic E-state index is 0. The van der Waals surface area contributed by atoms with Crippen molar-refractivity contribution in [2.24, 2.45) is 5.73 Å². The number of hydrogen-bond acceptors (Lipinski definition) is 3. The summed E-state index contributed by atoms with van der Waals surface area (Å²) in [5, 5.41) is 10.2. The van der Waals surface area contributed by atoms with Gasteiger partial charge in [-0.05, 0) is 17.7 Å². The lowest BCUT2D eigenvalue weighted by Gasteiger charge is -2.21. The van der Waals surface area contributed by atoms with Gasteiger partial charge < -0.3 is 15.6 Å². The first-order chi connectivity index (χ1) is 9.63. The van der Waals surface area contributed by atoms with Gasteiger partial charge in [0.05, 0.1) is 19.3 Å². The molecule has 0 aliphatic rings. The molecule has 0 unspecified atom stereocenters. The summed E-state index contributed by atoms with van der Waals surface area (Å²) in [7, 11) is 1.45. The third-order valence-electron chi connectivity index (χ3n) is 3.27. The van der Waals surface area contributed by atoms with Gasteiger partial charge in [-0.3, -0.25) is 0 Å². The smallest absolute Gasteiger partial charge is 0.131 e. The van der Waals surface area contributed by atoms with Crippen molar-refractivity contribution in [2.75, 3.05) is 7.11 Å². The first-order valence-corrected chi connectivity index (χ1v) is 6.43. The van der Waals surface area contributed by atoms with E-state index in [9.17, 15) is 9.50 Å². The molecule has 0 saturated heterocycles. The summed E-state index contributed by atoms with van der Waals surface area (Å²) in [5.41, 5.74) is 7.15. The summed E-state index contributed by atoms with van der Waals surface area (Å²) in [6.45, 7) is 0. The van der Waals surface area contributed by atoms with Crippen LogP contribution >= 0.6 is 12.4 Å². The molecule has 2 aromatic rings. The first kappa shape index (κ1) is 17.4. The largest absolute Gasteiger partial charge is 0.496 e. The van der Waals surface area contributed by atoms with E-state index in [1.807, 2.05) is 30.3 Å². The van der Waals surface area contributed by atoms with E-state index in [2.05, 4.69) is 0 Å². The number of aliphatic hydroxyl groups is 1. The lowest BCUT2D eigenvalue weighted by molar-refractivity contribution is 0.142. The molecule has 5 heteroatoms. The van der Waals surface area contributed by atoms with Gasteiger partial charge in [0.25, 0.3) is 0 Å². The van der Waals surface area contributed by atoms with Crippen LogP contribution in [0.15, 0.2) is 48.5 Å². The summed E-state index contributed by atoms with van der Waals surface area (Å²) >= 11 is 0. The molecule has 0 amide bonds. The van der Waals surface area contributed by atoms with Crippen LogP contribution in [0.1, 0.15) is 17.2 Å². The molecule has 3 nitrogen and oxygen atoms in total. The fourth-order valence-electron chi connectivity index (χ4n) is 2.19. The lowest BCUT2D eigenvalue weighted by Crippen LogP contribution is -2.29. The van der Waals surface area contributed by atoms with Crippen molar-refractivity contribution in [1.82, 2.24) is 0 Å². The fraction of sp³-hybridized carbons (Fsp3) is 0.250. The van der Waals surface area contributed by atoms with Crippen molar-refractivity contribution in [3.63, 3.8) is 0 Å². The maximum Gasteiger partial charge on any atom is 0.131 e. The molecule has 0 aliphatic heterocycles. The highest BCUT2D eigenvalue weighted by molar-refractivity contribution is 5.85. The van der Waals surface area contributed by atoms with Crippen molar-refractivity contribution < 1.29 is 14.2 Å². The van der Waals surface area contributed by atoms with E-state index in [1.165, 1.54) is 13.2 Å². The average molecular weight is 312 g/mol. The van der Waals surface area contributed by atoms with Gasteiger partial charge >= 0.3 is 0 Å².